The first kappa shape index (κ1) is 20.0. The van der Waals surface area contributed by atoms with E-state index in [4.69, 9.17) is 0 Å². The molecule has 1 aromatic carbocycles. The van der Waals surface area contributed by atoms with Crippen molar-refractivity contribution >= 4 is 17.4 Å². The number of piperazine rings is 1. The standard InChI is InChI=1S/C22H36N4O/c1-4-24(5-2)20-11-12-21(18(3)17-20)23-22(27)26-15-13-25(14-16-26)19-9-7-6-8-10-19/h11-12,17,19H,4-10,13-16H2,1-3H3,(H,23,27). The molecule has 150 valence electrons. The van der Waals surface area contributed by atoms with Crippen LogP contribution in [0.4, 0.5) is 16.2 Å². The number of urea groups is 1. The lowest BCUT2D eigenvalue weighted by Crippen LogP contribution is -2.53. The molecule has 1 aliphatic heterocycles. The van der Waals surface area contributed by atoms with Gasteiger partial charge in [-0.2, -0.15) is 0 Å². The summed E-state index contributed by atoms with van der Waals surface area (Å²) in [5.74, 6) is 0. The van der Waals surface area contributed by atoms with E-state index < -0.39 is 0 Å². The Kier molecular flexibility index (Phi) is 7.00. The van der Waals surface area contributed by atoms with Crippen molar-refractivity contribution in [2.75, 3.05) is 49.5 Å². The monoisotopic (exact) mass is 372 g/mol. The summed E-state index contributed by atoms with van der Waals surface area (Å²) in [6.45, 7) is 12.1. The lowest BCUT2D eigenvalue weighted by atomic mass is 9.94. The zero-order valence-corrected chi connectivity index (χ0v) is 17.3. The molecule has 27 heavy (non-hydrogen) atoms. The molecule has 1 saturated heterocycles. The van der Waals surface area contributed by atoms with Crippen LogP contribution >= 0.6 is 0 Å². The van der Waals surface area contributed by atoms with E-state index in [1.165, 1.54) is 37.8 Å². The summed E-state index contributed by atoms with van der Waals surface area (Å²) in [6, 6.07) is 7.11. The van der Waals surface area contributed by atoms with Crippen LogP contribution in [-0.2, 0) is 0 Å². The third-order valence-electron chi connectivity index (χ3n) is 6.27. The summed E-state index contributed by atoms with van der Waals surface area (Å²) >= 11 is 0. The molecular formula is C22H36N4O. The van der Waals surface area contributed by atoms with Crippen LogP contribution in [0.2, 0.25) is 0 Å². The van der Waals surface area contributed by atoms with E-state index in [1.54, 1.807) is 0 Å². The molecule has 1 saturated carbocycles. The Morgan fingerprint density at radius 1 is 1.07 bits per heavy atom. The maximum Gasteiger partial charge on any atom is 0.321 e. The normalized spacial score (nSPS) is 19.1. The van der Waals surface area contributed by atoms with Gasteiger partial charge in [-0.1, -0.05) is 19.3 Å². The van der Waals surface area contributed by atoms with Gasteiger partial charge in [0.1, 0.15) is 0 Å². The van der Waals surface area contributed by atoms with Crippen LogP contribution in [0.1, 0.15) is 51.5 Å². The van der Waals surface area contributed by atoms with Gasteiger partial charge in [-0.15, -0.1) is 0 Å². The number of carbonyl (C=O) groups is 1. The van der Waals surface area contributed by atoms with Crippen molar-refractivity contribution in [2.24, 2.45) is 0 Å². The lowest BCUT2D eigenvalue weighted by Gasteiger charge is -2.40. The van der Waals surface area contributed by atoms with Gasteiger partial charge >= 0.3 is 6.03 Å². The molecule has 0 bridgehead atoms. The first-order valence-corrected chi connectivity index (χ1v) is 10.8. The number of amides is 2. The van der Waals surface area contributed by atoms with E-state index in [0.29, 0.717) is 0 Å². The fourth-order valence-corrected chi connectivity index (χ4v) is 4.50. The number of rotatable bonds is 5. The minimum Gasteiger partial charge on any atom is -0.372 e. The fourth-order valence-electron chi connectivity index (χ4n) is 4.50. The van der Waals surface area contributed by atoms with Gasteiger partial charge in [-0.3, -0.25) is 4.90 Å². The molecule has 0 atom stereocenters. The minimum absolute atomic E-state index is 0.0389. The average molecular weight is 373 g/mol. The number of carbonyl (C=O) groups excluding carboxylic acids is 1. The molecule has 2 fully saturated rings. The van der Waals surface area contributed by atoms with Gasteiger partial charge in [0, 0.05) is 56.7 Å². The first-order valence-electron chi connectivity index (χ1n) is 10.8. The molecule has 2 aliphatic rings. The Balaban J connectivity index is 1.53. The van der Waals surface area contributed by atoms with E-state index in [0.717, 1.165) is 56.6 Å². The predicted molar refractivity (Wildman–Crippen MR) is 114 cm³/mol. The van der Waals surface area contributed by atoms with Gasteiger partial charge < -0.3 is 15.1 Å². The zero-order valence-electron chi connectivity index (χ0n) is 17.3. The van der Waals surface area contributed by atoms with E-state index in [2.05, 4.69) is 48.0 Å². The third-order valence-corrected chi connectivity index (χ3v) is 6.27. The summed E-state index contributed by atoms with van der Waals surface area (Å²) in [5, 5.41) is 3.13. The van der Waals surface area contributed by atoms with Crippen LogP contribution in [0, 0.1) is 6.92 Å². The van der Waals surface area contributed by atoms with Gasteiger partial charge in [0.15, 0.2) is 0 Å². The molecule has 0 spiro atoms. The molecule has 1 aromatic rings. The van der Waals surface area contributed by atoms with Crippen molar-refractivity contribution < 1.29 is 4.79 Å². The molecule has 0 unspecified atom stereocenters. The number of nitrogens with one attached hydrogen (secondary N) is 1. The van der Waals surface area contributed by atoms with E-state index in [1.807, 2.05) is 11.0 Å². The van der Waals surface area contributed by atoms with Gasteiger partial charge in [0.05, 0.1) is 0 Å². The zero-order chi connectivity index (χ0) is 19.2. The summed E-state index contributed by atoms with van der Waals surface area (Å²) < 4.78 is 0. The van der Waals surface area contributed by atoms with Crippen molar-refractivity contribution in [3.8, 4) is 0 Å². The highest BCUT2D eigenvalue weighted by atomic mass is 16.2. The lowest BCUT2D eigenvalue weighted by molar-refractivity contribution is 0.0943. The van der Waals surface area contributed by atoms with Crippen molar-refractivity contribution in [2.45, 2.75) is 58.9 Å². The Morgan fingerprint density at radius 3 is 2.33 bits per heavy atom. The number of benzene rings is 1. The van der Waals surface area contributed by atoms with Crippen LogP contribution in [-0.4, -0.2) is 61.1 Å². The largest absolute Gasteiger partial charge is 0.372 e. The van der Waals surface area contributed by atoms with E-state index in [-0.39, 0.29) is 6.03 Å². The maximum atomic E-state index is 12.7. The Morgan fingerprint density at radius 2 is 1.74 bits per heavy atom. The SMILES string of the molecule is CCN(CC)c1ccc(NC(=O)N2CCN(C3CCCCC3)CC2)c(C)c1. The highest BCUT2D eigenvalue weighted by Gasteiger charge is 2.27. The smallest absolute Gasteiger partial charge is 0.321 e. The second kappa shape index (κ2) is 9.45. The number of hydrogen-bond donors (Lipinski definition) is 1. The summed E-state index contributed by atoms with van der Waals surface area (Å²) in [6.07, 6.45) is 6.81. The third kappa shape index (κ3) is 4.95. The Hall–Kier alpha value is -1.75. The molecule has 5 nitrogen and oxygen atoms in total. The topological polar surface area (TPSA) is 38.8 Å². The highest BCUT2D eigenvalue weighted by Crippen LogP contribution is 2.25. The van der Waals surface area contributed by atoms with Crippen molar-refractivity contribution in [3.05, 3.63) is 23.8 Å². The van der Waals surface area contributed by atoms with Crippen molar-refractivity contribution in [1.29, 1.82) is 0 Å². The highest BCUT2D eigenvalue weighted by molar-refractivity contribution is 5.90. The molecule has 3 rings (SSSR count). The predicted octanol–water partition coefficient (Wildman–Crippen LogP) is 4.32. The van der Waals surface area contributed by atoms with Gasteiger partial charge in [-0.05, 0) is 57.4 Å². The number of anilines is 2. The van der Waals surface area contributed by atoms with E-state index >= 15 is 0 Å². The van der Waals surface area contributed by atoms with Gasteiger partial charge in [0.25, 0.3) is 0 Å². The number of aryl methyl sites for hydroxylation is 1. The van der Waals surface area contributed by atoms with Crippen molar-refractivity contribution in [1.82, 2.24) is 9.80 Å². The molecule has 2 amide bonds. The van der Waals surface area contributed by atoms with Gasteiger partial charge in [0.2, 0.25) is 0 Å². The molecule has 0 radical (unpaired) electrons. The second-order valence-electron chi connectivity index (χ2n) is 7.92. The second-order valence-corrected chi connectivity index (χ2v) is 7.92. The molecular weight excluding hydrogens is 336 g/mol. The molecule has 5 heteroatoms. The Bertz CT molecular complexity index is 615. The summed E-state index contributed by atoms with van der Waals surface area (Å²) in [4.78, 5) is 19.6. The molecule has 0 aromatic heterocycles. The number of nitrogens with zero attached hydrogens (tertiary/aromatic N) is 3. The summed E-state index contributed by atoms with van der Waals surface area (Å²) in [7, 11) is 0. The first-order chi connectivity index (χ1) is 13.1. The summed E-state index contributed by atoms with van der Waals surface area (Å²) in [5.41, 5.74) is 3.26. The Labute approximate surface area is 164 Å². The quantitative estimate of drug-likeness (QED) is 0.836. The minimum atomic E-state index is 0.0389. The van der Waals surface area contributed by atoms with Gasteiger partial charge in [-0.25, -0.2) is 4.79 Å². The molecule has 1 aliphatic carbocycles. The van der Waals surface area contributed by atoms with E-state index in [9.17, 15) is 4.79 Å². The van der Waals surface area contributed by atoms with Crippen LogP contribution in [0.15, 0.2) is 18.2 Å². The van der Waals surface area contributed by atoms with Crippen LogP contribution in [0.25, 0.3) is 0 Å². The number of hydrogen-bond acceptors (Lipinski definition) is 3. The van der Waals surface area contributed by atoms with Crippen LogP contribution in [0.3, 0.4) is 0 Å². The van der Waals surface area contributed by atoms with Crippen LogP contribution < -0.4 is 10.2 Å². The fraction of sp³-hybridized carbons (Fsp3) is 0.682. The van der Waals surface area contributed by atoms with Crippen LogP contribution in [0.5, 0.6) is 0 Å². The molecule has 1 N–H and O–H groups in total. The average Bonchev–Trinajstić information content (AvgIpc) is 2.71. The maximum absolute atomic E-state index is 12.7. The molecule has 1 heterocycles. The van der Waals surface area contributed by atoms with Crippen molar-refractivity contribution in [3.63, 3.8) is 0 Å².